The molecule has 0 saturated carbocycles. The van der Waals surface area contributed by atoms with E-state index in [0.717, 1.165) is 37.6 Å². The molecule has 0 spiro atoms. The normalized spacial score (nSPS) is 13.8. The zero-order chi connectivity index (χ0) is 16.1. The van der Waals surface area contributed by atoms with Gasteiger partial charge < -0.3 is 9.88 Å². The molecule has 0 aliphatic carbocycles. The molecule has 0 saturated heterocycles. The molecular weight excluding hydrogens is 290 g/mol. The van der Waals surface area contributed by atoms with E-state index in [2.05, 4.69) is 32.2 Å². The molecule has 1 aromatic carbocycles. The number of fused-ring (bicyclic) bond motifs is 1. The zero-order valence-electron chi connectivity index (χ0n) is 13.5. The standard InChI is InChI=1S/C17H23N5O/c1-21(12-14-7-3-2-4-8-14)13-17(23)18-11-16-20-19-15-9-5-6-10-22(15)16/h2-4,7-8H,5-6,9-13H2,1H3,(H,18,23). The highest BCUT2D eigenvalue weighted by Gasteiger charge is 2.16. The fourth-order valence-electron chi connectivity index (χ4n) is 2.93. The predicted molar refractivity (Wildman–Crippen MR) is 87.6 cm³/mol. The average Bonchev–Trinajstić information content (AvgIpc) is 2.97. The van der Waals surface area contributed by atoms with Gasteiger partial charge in [-0.05, 0) is 25.5 Å². The predicted octanol–water partition coefficient (Wildman–Crippen LogP) is 1.36. The molecule has 0 bridgehead atoms. The highest BCUT2D eigenvalue weighted by Crippen LogP contribution is 2.13. The number of aromatic nitrogens is 3. The molecule has 6 heteroatoms. The van der Waals surface area contributed by atoms with Crippen molar-refractivity contribution in [3.8, 4) is 0 Å². The molecule has 122 valence electrons. The van der Waals surface area contributed by atoms with Crippen molar-refractivity contribution in [2.24, 2.45) is 0 Å². The van der Waals surface area contributed by atoms with Crippen molar-refractivity contribution in [3.05, 3.63) is 47.5 Å². The van der Waals surface area contributed by atoms with Crippen molar-refractivity contribution in [3.63, 3.8) is 0 Å². The summed E-state index contributed by atoms with van der Waals surface area (Å²) in [6.07, 6.45) is 3.32. The topological polar surface area (TPSA) is 63.1 Å². The second-order valence-corrected chi connectivity index (χ2v) is 6.08. The monoisotopic (exact) mass is 313 g/mol. The van der Waals surface area contributed by atoms with E-state index < -0.39 is 0 Å². The van der Waals surface area contributed by atoms with Crippen molar-refractivity contribution in [2.45, 2.75) is 38.9 Å². The Morgan fingerprint density at radius 2 is 2.09 bits per heavy atom. The van der Waals surface area contributed by atoms with Gasteiger partial charge in [-0.25, -0.2) is 0 Å². The van der Waals surface area contributed by atoms with Gasteiger partial charge >= 0.3 is 0 Å². The molecule has 1 N–H and O–H groups in total. The Hall–Kier alpha value is -2.21. The van der Waals surface area contributed by atoms with E-state index in [-0.39, 0.29) is 5.91 Å². The van der Waals surface area contributed by atoms with Crippen LogP contribution in [0.25, 0.3) is 0 Å². The molecule has 3 rings (SSSR count). The summed E-state index contributed by atoms with van der Waals surface area (Å²) < 4.78 is 2.14. The lowest BCUT2D eigenvalue weighted by Crippen LogP contribution is -2.35. The third-order valence-corrected chi connectivity index (χ3v) is 4.09. The van der Waals surface area contributed by atoms with Gasteiger partial charge in [-0.15, -0.1) is 10.2 Å². The van der Waals surface area contributed by atoms with Gasteiger partial charge in [0.05, 0.1) is 13.1 Å². The number of carbonyl (C=O) groups is 1. The van der Waals surface area contributed by atoms with Crippen LogP contribution in [-0.4, -0.2) is 39.2 Å². The Bertz CT molecular complexity index is 652. The molecule has 0 unspecified atom stereocenters. The highest BCUT2D eigenvalue weighted by atomic mass is 16.2. The van der Waals surface area contributed by atoms with E-state index in [1.54, 1.807) is 0 Å². The Balaban J connectivity index is 1.47. The molecule has 0 fully saturated rings. The first-order valence-electron chi connectivity index (χ1n) is 8.12. The van der Waals surface area contributed by atoms with Gasteiger partial charge in [-0.1, -0.05) is 30.3 Å². The quantitative estimate of drug-likeness (QED) is 0.875. The van der Waals surface area contributed by atoms with Crippen molar-refractivity contribution in [1.29, 1.82) is 0 Å². The number of likely N-dealkylation sites (N-methyl/N-ethyl adjacent to an activating group) is 1. The van der Waals surface area contributed by atoms with Gasteiger partial charge in [0.15, 0.2) is 5.82 Å². The maximum absolute atomic E-state index is 12.1. The molecule has 1 aromatic heterocycles. The molecule has 1 aliphatic rings. The average molecular weight is 313 g/mol. The number of carbonyl (C=O) groups excluding carboxylic acids is 1. The summed E-state index contributed by atoms with van der Waals surface area (Å²) in [6, 6.07) is 10.2. The Morgan fingerprint density at radius 3 is 2.91 bits per heavy atom. The number of nitrogens with one attached hydrogen (secondary N) is 1. The lowest BCUT2D eigenvalue weighted by Gasteiger charge is -2.17. The van der Waals surface area contributed by atoms with Crippen molar-refractivity contribution < 1.29 is 4.79 Å². The van der Waals surface area contributed by atoms with Gasteiger partial charge in [0.1, 0.15) is 5.82 Å². The Labute approximate surface area is 136 Å². The molecule has 2 heterocycles. The van der Waals surface area contributed by atoms with Crippen LogP contribution in [0.4, 0.5) is 0 Å². The first kappa shape index (κ1) is 15.7. The lowest BCUT2D eigenvalue weighted by atomic mass is 10.2. The molecule has 2 aromatic rings. The molecule has 0 radical (unpaired) electrons. The molecule has 1 amide bonds. The number of hydrogen-bond donors (Lipinski definition) is 1. The van der Waals surface area contributed by atoms with Gasteiger partial charge in [0.25, 0.3) is 0 Å². The third-order valence-electron chi connectivity index (χ3n) is 4.09. The Morgan fingerprint density at radius 1 is 1.26 bits per heavy atom. The van der Waals surface area contributed by atoms with E-state index in [4.69, 9.17) is 0 Å². The second kappa shape index (κ2) is 7.37. The van der Waals surface area contributed by atoms with Crippen LogP contribution < -0.4 is 5.32 Å². The summed E-state index contributed by atoms with van der Waals surface area (Å²) >= 11 is 0. The van der Waals surface area contributed by atoms with Crippen LogP contribution in [0.2, 0.25) is 0 Å². The highest BCUT2D eigenvalue weighted by molar-refractivity contribution is 5.77. The van der Waals surface area contributed by atoms with Crippen molar-refractivity contribution in [2.75, 3.05) is 13.6 Å². The summed E-state index contributed by atoms with van der Waals surface area (Å²) in [5.41, 5.74) is 1.20. The van der Waals surface area contributed by atoms with Crippen molar-refractivity contribution >= 4 is 5.91 Å². The van der Waals surface area contributed by atoms with Crippen LogP contribution in [0.1, 0.15) is 30.1 Å². The second-order valence-electron chi connectivity index (χ2n) is 6.08. The molecule has 6 nitrogen and oxygen atoms in total. The maximum atomic E-state index is 12.1. The number of amides is 1. The minimum absolute atomic E-state index is 0.0107. The maximum Gasteiger partial charge on any atom is 0.234 e. The summed E-state index contributed by atoms with van der Waals surface area (Å²) in [4.78, 5) is 14.1. The van der Waals surface area contributed by atoms with Crippen LogP contribution in [0.5, 0.6) is 0 Å². The fraction of sp³-hybridized carbons (Fsp3) is 0.471. The Kier molecular flexibility index (Phi) is 5.02. The van der Waals surface area contributed by atoms with Crippen LogP contribution >= 0.6 is 0 Å². The molecule has 23 heavy (non-hydrogen) atoms. The van der Waals surface area contributed by atoms with Gasteiger partial charge in [-0.3, -0.25) is 9.69 Å². The number of nitrogens with zero attached hydrogens (tertiary/aromatic N) is 4. The van der Waals surface area contributed by atoms with E-state index in [1.165, 1.54) is 12.0 Å². The van der Waals surface area contributed by atoms with Gasteiger partial charge in [0.2, 0.25) is 5.91 Å². The number of rotatable bonds is 6. The first-order valence-corrected chi connectivity index (χ1v) is 8.12. The smallest absolute Gasteiger partial charge is 0.234 e. The lowest BCUT2D eigenvalue weighted by molar-refractivity contribution is -0.122. The number of hydrogen-bond acceptors (Lipinski definition) is 4. The van der Waals surface area contributed by atoms with Crippen LogP contribution in [0.15, 0.2) is 30.3 Å². The van der Waals surface area contributed by atoms with Crippen molar-refractivity contribution in [1.82, 2.24) is 25.0 Å². The number of aryl methyl sites for hydroxylation is 1. The van der Waals surface area contributed by atoms with Crippen LogP contribution in [0, 0.1) is 0 Å². The van der Waals surface area contributed by atoms with Gasteiger partial charge in [-0.2, -0.15) is 0 Å². The van der Waals surface area contributed by atoms with E-state index in [9.17, 15) is 4.79 Å². The summed E-state index contributed by atoms with van der Waals surface area (Å²) in [5, 5.41) is 11.4. The van der Waals surface area contributed by atoms with Crippen LogP contribution in [-0.2, 0) is 30.8 Å². The minimum atomic E-state index is 0.0107. The minimum Gasteiger partial charge on any atom is -0.348 e. The van der Waals surface area contributed by atoms with E-state index in [1.807, 2.05) is 30.1 Å². The first-order chi connectivity index (χ1) is 11.2. The van der Waals surface area contributed by atoms with E-state index >= 15 is 0 Å². The fourth-order valence-corrected chi connectivity index (χ4v) is 2.93. The largest absolute Gasteiger partial charge is 0.348 e. The number of benzene rings is 1. The van der Waals surface area contributed by atoms with Gasteiger partial charge in [0, 0.05) is 19.5 Å². The van der Waals surface area contributed by atoms with Crippen LogP contribution in [0.3, 0.4) is 0 Å². The molecule has 1 aliphatic heterocycles. The zero-order valence-corrected chi connectivity index (χ0v) is 13.5. The summed E-state index contributed by atoms with van der Waals surface area (Å²) in [6.45, 7) is 2.54. The molecule has 0 atom stereocenters. The summed E-state index contributed by atoms with van der Waals surface area (Å²) in [7, 11) is 1.95. The SMILES string of the molecule is CN(CC(=O)NCc1nnc2n1CCCC2)Cc1ccccc1. The third kappa shape index (κ3) is 4.16. The van der Waals surface area contributed by atoms with E-state index in [0.29, 0.717) is 13.1 Å². The summed E-state index contributed by atoms with van der Waals surface area (Å²) in [5.74, 6) is 1.91. The molecular formula is C17H23N5O.